The SMILES string of the molecule is COCCOCC(O)CNCCCCn1ccnc1. The Morgan fingerprint density at radius 1 is 1.37 bits per heavy atom. The lowest BCUT2D eigenvalue weighted by Crippen LogP contribution is -2.31. The summed E-state index contributed by atoms with van der Waals surface area (Å²) < 4.78 is 12.2. The second-order valence-electron chi connectivity index (χ2n) is 4.43. The zero-order valence-electron chi connectivity index (χ0n) is 11.6. The molecule has 0 radical (unpaired) electrons. The number of nitrogens with one attached hydrogen (secondary N) is 1. The summed E-state index contributed by atoms with van der Waals surface area (Å²) in [5.41, 5.74) is 0. The van der Waals surface area contributed by atoms with Crippen molar-refractivity contribution < 1.29 is 14.6 Å². The summed E-state index contributed by atoms with van der Waals surface area (Å²) in [6, 6.07) is 0. The van der Waals surface area contributed by atoms with E-state index in [0.717, 1.165) is 25.9 Å². The van der Waals surface area contributed by atoms with Crippen LogP contribution in [-0.4, -0.2) is 60.8 Å². The number of hydrogen-bond acceptors (Lipinski definition) is 5. The Labute approximate surface area is 114 Å². The maximum Gasteiger partial charge on any atom is 0.0945 e. The van der Waals surface area contributed by atoms with Crippen LogP contribution < -0.4 is 5.32 Å². The number of aliphatic hydroxyl groups excluding tert-OH is 1. The van der Waals surface area contributed by atoms with Gasteiger partial charge in [0.25, 0.3) is 0 Å². The Balaban J connectivity index is 1.84. The Hall–Kier alpha value is -0.950. The lowest BCUT2D eigenvalue weighted by molar-refractivity contribution is 0.0138. The zero-order chi connectivity index (χ0) is 13.8. The fraction of sp³-hybridized carbons (Fsp3) is 0.769. The van der Waals surface area contributed by atoms with Crippen LogP contribution in [0.1, 0.15) is 12.8 Å². The van der Waals surface area contributed by atoms with E-state index in [-0.39, 0.29) is 0 Å². The molecular weight excluding hydrogens is 246 g/mol. The van der Waals surface area contributed by atoms with Gasteiger partial charge in [-0.3, -0.25) is 0 Å². The first-order chi connectivity index (χ1) is 9.33. The number of ether oxygens (including phenoxy) is 2. The summed E-state index contributed by atoms with van der Waals surface area (Å²) in [5, 5.41) is 12.8. The number of unbranched alkanes of at least 4 members (excludes halogenated alkanes) is 1. The van der Waals surface area contributed by atoms with Crippen LogP contribution in [0, 0.1) is 0 Å². The van der Waals surface area contributed by atoms with E-state index in [9.17, 15) is 5.11 Å². The van der Waals surface area contributed by atoms with Gasteiger partial charge in [0.05, 0.1) is 32.3 Å². The van der Waals surface area contributed by atoms with Crippen molar-refractivity contribution in [3.63, 3.8) is 0 Å². The summed E-state index contributed by atoms with van der Waals surface area (Å²) in [6.07, 6.45) is 7.31. The minimum absolute atomic E-state index is 0.353. The Kier molecular flexibility index (Phi) is 9.26. The van der Waals surface area contributed by atoms with Gasteiger partial charge in [0, 0.05) is 32.6 Å². The minimum atomic E-state index is -0.453. The highest BCUT2D eigenvalue weighted by Crippen LogP contribution is 1.94. The first-order valence-electron chi connectivity index (χ1n) is 6.74. The fourth-order valence-corrected chi connectivity index (χ4v) is 1.65. The minimum Gasteiger partial charge on any atom is -0.389 e. The van der Waals surface area contributed by atoms with Gasteiger partial charge >= 0.3 is 0 Å². The number of hydrogen-bond donors (Lipinski definition) is 2. The van der Waals surface area contributed by atoms with Gasteiger partial charge in [0.1, 0.15) is 0 Å². The average Bonchev–Trinajstić information content (AvgIpc) is 2.92. The molecule has 1 heterocycles. The van der Waals surface area contributed by atoms with Crippen LogP contribution in [0.4, 0.5) is 0 Å². The molecule has 1 aromatic rings. The highest BCUT2D eigenvalue weighted by atomic mass is 16.5. The predicted octanol–water partition coefficient (Wildman–Crippen LogP) is 0.277. The molecule has 0 aliphatic carbocycles. The third-order valence-corrected chi connectivity index (χ3v) is 2.70. The third-order valence-electron chi connectivity index (χ3n) is 2.70. The molecule has 6 nitrogen and oxygen atoms in total. The molecule has 1 aromatic heterocycles. The van der Waals surface area contributed by atoms with E-state index < -0.39 is 6.10 Å². The maximum absolute atomic E-state index is 9.61. The standard InChI is InChI=1S/C13H25N3O3/c1-18-8-9-19-11-13(17)10-14-4-2-3-6-16-7-5-15-12-16/h5,7,12-14,17H,2-4,6,8-11H2,1H3. The van der Waals surface area contributed by atoms with Crippen molar-refractivity contribution in [2.24, 2.45) is 0 Å². The van der Waals surface area contributed by atoms with Crippen molar-refractivity contribution in [2.75, 3.05) is 40.0 Å². The Morgan fingerprint density at radius 2 is 2.26 bits per heavy atom. The largest absolute Gasteiger partial charge is 0.389 e. The summed E-state index contributed by atoms with van der Waals surface area (Å²) in [7, 11) is 1.63. The molecule has 1 unspecified atom stereocenters. The van der Waals surface area contributed by atoms with E-state index in [1.165, 1.54) is 0 Å². The van der Waals surface area contributed by atoms with E-state index in [4.69, 9.17) is 9.47 Å². The molecule has 0 aliphatic heterocycles. The van der Waals surface area contributed by atoms with Gasteiger partial charge in [0.2, 0.25) is 0 Å². The lowest BCUT2D eigenvalue weighted by Gasteiger charge is -2.12. The van der Waals surface area contributed by atoms with Gasteiger partial charge in [-0.05, 0) is 19.4 Å². The van der Waals surface area contributed by atoms with Gasteiger partial charge in [-0.2, -0.15) is 0 Å². The normalized spacial score (nSPS) is 12.7. The van der Waals surface area contributed by atoms with Crippen LogP contribution in [0.2, 0.25) is 0 Å². The smallest absolute Gasteiger partial charge is 0.0945 e. The number of aliphatic hydroxyl groups is 1. The monoisotopic (exact) mass is 271 g/mol. The Bertz CT molecular complexity index is 293. The highest BCUT2D eigenvalue weighted by molar-refractivity contribution is 4.73. The van der Waals surface area contributed by atoms with Crippen LogP contribution in [0.5, 0.6) is 0 Å². The average molecular weight is 271 g/mol. The van der Waals surface area contributed by atoms with Crippen LogP contribution in [0.3, 0.4) is 0 Å². The van der Waals surface area contributed by atoms with E-state index in [0.29, 0.717) is 26.4 Å². The predicted molar refractivity (Wildman–Crippen MR) is 73.0 cm³/mol. The molecule has 0 saturated heterocycles. The van der Waals surface area contributed by atoms with Gasteiger partial charge in [-0.1, -0.05) is 0 Å². The van der Waals surface area contributed by atoms with Crippen molar-refractivity contribution in [3.05, 3.63) is 18.7 Å². The molecule has 0 aromatic carbocycles. The summed E-state index contributed by atoms with van der Waals surface area (Å²) in [6.45, 7) is 3.91. The first kappa shape index (κ1) is 16.1. The zero-order valence-corrected chi connectivity index (χ0v) is 11.6. The molecule has 0 amide bonds. The van der Waals surface area contributed by atoms with Crippen molar-refractivity contribution in [2.45, 2.75) is 25.5 Å². The fourth-order valence-electron chi connectivity index (χ4n) is 1.65. The highest BCUT2D eigenvalue weighted by Gasteiger charge is 2.03. The molecule has 6 heteroatoms. The molecule has 1 rings (SSSR count). The van der Waals surface area contributed by atoms with Crippen molar-refractivity contribution in [1.82, 2.24) is 14.9 Å². The molecule has 0 aliphatic rings. The molecule has 0 bridgehead atoms. The number of aryl methyl sites for hydroxylation is 1. The van der Waals surface area contributed by atoms with Gasteiger partial charge in [-0.15, -0.1) is 0 Å². The molecular formula is C13H25N3O3. The molecule has 0 fully saturated rings. The maximum atomic E-state index is 9.61. The van der Waals surface area contributed by atoms with E-state index in [1.54, 1.807) is 13.3 Å². The first-order valence-corrected chi connectivity index (χ1v) is 6.74. The topological polar surface area (TPSA) is 68.5 Å². The third kappa shape index (κ3) is 8.72. The quantitative estimate of drug-likeness (QED) is 0.534. The van der Waals surface area contributed by atoms with Crippen LogP contribution >= 0.6 is 0 Å². The number of imidazole rings is 1. The van der Waals surface area contributed by atoms with Gasteiger partial charge in [0.15, 0.2) is 0 Å². The Morgan fingerprint density at radius 3 is 3.00 bits per heavy atom. The van der Waals surface area contributed by atoms with Crippen molar-refractivity contribution in [1.29, 1.82) is 0 Å². The van der Waals surface area contributed by atoms with Crippen LogP contribution in [0.25, 0.3) is 0 Å². The van der Waals surface area contributed by atoms with Gasteiger partial charge < -0.3 is 24.5 Å². The molecule has 0 saturated carbocycles. The van der Waals surface area contributed by atoms with E-state index >= 15 is 0 Å². The van der Waals surface area contributed by atoms with Crippen molar-refractivity contribution >= 4 is 0 Å². The van der Waals surface area contributed by atoms with Gasteiger partial charge in [-0.25, -0.2) is 4.98 Å². The summed E-state index contributed by atoms with van der Waals surface area (Å²) in [4.78, 5) is 3.99. The molecule has 0 spiro atoms. The molecule has 19 heavy (non-hydrogen) atoms. The summed E-state index contributed by atoms with van der Waals surface area (Å²) in [5.74, 6) is 0. The van der Waals surface area contributed by atoms with Crippen LogP contribution in [-0.2, 0) is 16.0 Å². The van der Waals surface area contributed by atoms with E-state index in [1.807, 2.05) is 12.5 Å². The van der Waals surface area contributed by atoms with E-state index in [2.05, 4.69) is 14.9 Å². The molecule has 110 valence electrons. The summed E-state index contributed by atoms with van der Waals surface area (Å²) >= 11 is 0. The lowest BCUT2D eigenvalue weighted by atomic mass is 10.3. The second-order valence-corrected chi connectivity index (χ2v) is 4.43. The number of nitrogens with zero attached hydrogens (tertiary/aromatic N) is 2. The van der Waals surface area contributed by atoms with Crippen molar-refractivity contribution in [3.8, 4) is 0 Å². The number of aromatic nitrogens is 2. The second kappa shape index (κ2) is 10.9. The molecule has 2 N–H and O–H groups in total. The van der Waals surface area contributed by atoms with Crippen LogP contribution in [0.15, 0.2) is 18.7 Å². The number of rotatable bonds is 12. The molecule has 1 atom stereocenters. The number of methoxy groups -OCH3 is 1.